The molecule has 22 heavy (non-hydrogen) atoms. The molecule has 1 N–H and O–H groups in total. The number of ether oxygens (including phenoxy) is 1. The van der Waals surface area contributed by atoms with Crippen LogP contribution in [0, 0.1) is 5.82 Å². The summed E-state index contributed by atoms with van der Waals surface area (Å²) in [5.41, 5.74) is 2.24. The quantitative estimate of drug-likeness (QED) is 0.897. The number of halogens is 2. The van der Waals surface area contributed by atoms with Crippen LogP contribution < -0.4 is 15.0 Å². The molecular weight excluding hydrogens is 347 g/mol. The number of hydrogen-bond acceptors (Lipinski definition) is 3. The second kappa shape index (κ2) is 7.11. The third-order valence-corrected chi connectivity index (χ3v) is 4.22. The Kier molecular flexibility index (Phi) is 4.95. The van der Waals surface area contributed by atoms with Gasteiger partial charge in [0.05, 0.1) is 0 Å². The fourth-order valence-corrected chi connectivity index (χ4v) is 2.93. The number of rotatable bonds is 4. The van der Waals surface area contributed by atoms with Gasteiger partial charge in [0.2, 0.25) is 0 Å². The van der Waals surface area contributed by atoms with Crippen LogP contribution in [0.1, 0.15) is 5.56 Å². The van der Waals surface area contributed by atoms with Gasteiger partial charge in [0.25, 0.3) is 0 Å². The fourth-order valence-electron chi connectivity index (χ4n) is 2.59. The van der Waals surface area contributed by atoms with Crippen molar-refractivity contribution in [2.24, 2.45) is 0 Å². The van der Waals surface area contributed by atoms with Gasteiger partial charge >= 0.3 is 0 Å². The van der Waals surface area contributed by atoms with Gasteiger partial charge in [-0.05, 0) is 24.3 Å². The van der Waals surface area contributed by atoms with Gasteiger partial charge in [0.15, 0.2) is 11.6 Å². The molecule has 0 amide bonds. The summed E-state index contributed by atoms with van der Waals surface area (Å²) >= 11 is 3.34. The Morgan fingerprint density at radius 2 is 1.91 bits per heavy atom. The van der Waals surface area contributed by atoms with E-state index in [0.29, 0.717) is 6.61 Å². The highest BCUT2D eigenvalue weighted by molar-refractivity contribution is 9.10. The van der Waals surface area contributed by atoms with Crippen molar-refractivity contribution in [2.75, 3.05) is 31.1 Å². The molecule has 0 spiro atoms. The van der Waals surface area contributed by atoms with E-state index in [4.69, 9.17) is 4.74 Å². The van der Waals surface area contributed by atoms with Gasteiger partial charge in [-0.25, -0.2) is 4.39 Å². The maximum atomic E-state index is 13.8. The van der Waals surface area contributed by atoms with Crippen LogP contribution in [0.5, 0.6) is 5.75 Å². The Morgan fingerprint density at radius 3 is 2.73 bits per heavy atom. The van der Waals surface area contributed by atoms with Gasteiger partial charge in [-0.3, -0.25) is 0 Å². The van der Waals surface area contributed by atoms with Crippen molar-refractivity contribution < 1.29 is 9.13 Å². The van der Waals surface area contributed by atoms with Crippen LogP contribution in [0.15, 0.2) is 46.9 Å². The summed E-state index contributed by atoms with van der Waals surface area (Å²) in [7, 11) is 0. The summed E-state index contributed by atoms with van der Waals surface area (Å²) in [4.78, 5) is 2.34. The zero-order valence-corrected chi connectivity index (χ0v) is 13.8. The molecule has 116 valence electrons. The number of para-hydroxylation sites is 1. The molecule has 1 saturated heterocycles. The van der Waals surface area contributed by atoms with Gasteiger partial charge in [-0.1, -0.05) is 34.1 Å². The zero-order valence-electron chi connectivity index (χ0n) is 12.2. The number of anilines is 1. The van der Waals surface area contributed by atoms with Crippen molar-refractivity contribution >= 4 is 21.6 Å². The molecule has 1 fully saturated rings. The minimum absolute atomic E-state index is 0.268. The highest BCUT2D eigenvalue weighted by atomic mass is 79.9. The van der Waals surface area contributed by atoms with Gasteiger partial charge in [0.1, 0.15) is 6.61 Å². The summed E-state index contributed by atoms with van der Waals surface area (Å²) in [6.45, 7) is 4.27. The molecule has 3 nitrogen and oxygen atoms in total. The van der Waals surface area contributed by atoms with E-state index in [9.17, 15) is 4.39 Å². The van der Waals surface area contributed by atoms with E-state index in [1.54, 1.807) is 12.1 Å². The van der Waals surface area contributed by atoms with Crippen LogP contribution in [0.3, 0.4) is 0 Å². The molecule has 1 heterocycles. The summed E-state index contributed by atoms with van der Waals surface area (Å²) in [6.07, 6.45) is 0. The molecule has 5 heteroatoms. The Labute approximate surface area is 138 Å². The highest BCUT2D eigenvalue weighted by Crippen LogP contribution is 2.26. The summed E-state index contributed by atoms with van der Waals surface area (Å²) < 4.78 is 20.3. The average molecular weight is 365 g/mol. The van der Waals surface area contributed by atoms with E-state index in [1.165, 1.54) is 11.8 Å². The van der Waals surface area contributed by atoms with Crippen molar-refractivity contribution in [1.29, 1.82) is 0 Å². The monoisotopic (exact) mass is 364 g/mol. The molecule has 1 aliphatic rings. The SMILES string of the molecule is Fc1ccc(Br)cc1OCc1ccccc1N1CCNCC1. The van der Waals surface area contributed by atoms with E-state index >= 15 is 0 Å². The van der Waals surface area contributed by atoms with Crippen LogP contribution in [0.4, 0.5) is 10.1 Å². The lowest BCUT2D eigenvalue weighted by atomic mass is 10.1. The molecule has 0 aromatic heterocycles. The maximum Gasteiger partial charge on any atom is 0.165 e. The second-order valence-corrected chi connectivity index (χ2v) is 6.14. The van der Waals surface area contributed by atoms with Gasteiger partial charge in [0, 0.05) is 41.9 Å². The Hall–Kier alpha value is -1.59. The fraction of sp³-hybridized carbons (Fsp3) is 0.294. The number of nitrogens with zero attached hydrogens (tertiary/aromatic N) is 1. The summed E-state index contributed by atoms with van der Waals surface area (Å²) in [5, 5.41) is 3.35. The third kappa shape index (κ3) is 3.59. The maximum absolute atomic E-state index is 13.8. The van der Waals surface area contributed by atoms with E-state index in [-0.39, 0.29) is 11.6 Å². The number of hydrogen-bond donors (Lipinski definition) is 1. The average Bonchev–Trinajstić information content (AvgIpc) is 2.57. The molecule has 2 aromatic rings. The number of benzene rings is 2. The molecule has 2 aromatic carbocycles. The zero-order chi connectivity index (χ0) is 15.4. The van der Waals surface area contributed by atoms with E-state index in [2.05, 4.69) is 32.2 Å². The van der Waals surface area contributed by atoms with Crippen LogP contribution in [-0.4, -0.2) is 26.2 Å². The lowest BCUT2D eigenvalue weighted by Crippen LogP contribution is -2.43. The third-order valence-electron chi connectivity index (χ3n) is 3.73. The van der Waals surface area contributed by atoms with Gasteiger partial charge in [-0.2, -0.15) is 0 Å². The van der Waals surface area contributed by atoms with Crippen LogP contribution in [0.25, 0.3) is 0 Å². The molecule has 0 aliphatic carbocycles. The number of piperazine rings is 1. The van der Waals surface area contributed by atoms with Crippen LogP contribution in [0.2, 0.25) is 0 Å². The second-order valence-electron chi connectivity index (χ2n) is 5.23. The first-order valence-corrected chi connectivity index (χ1v) is 8.15. The Bertz CT molecular complexity index is 644. The Morgan fingerprint density at radius 1 is 1.14 bits per heavy atom. The minimum atomic E-state index is -0.345. The smallest absolute Gasteiger partial charge is 0.165 e. The molecule has 0 unspecified atom stereocenters. The molecule has 0 radical (unpaired) electrons. The normalized spacial score (nSPS) is 14.9. The van der Waals surface area contributed by atoms with Gasteiger partial charge in [-0.15, -0.1) is 0 Å². The molecule has 3 rings (SSSR count). The summed E-state index contributed by atoms with van der Waals surface area (Å²) in [6, 6.07) is 12.9. The van der Waals surface area contributed by atoms with E-state index in [0.717, 1.165) is 36.2 Å². The van der Waals surface area contributed by atoms with E-state index in [1.807, 2.05) is 18.2 Å². The first-order valence-electron chi connectivity index (χ1n) is 7.35. The standard InChI is InChI=1S/C17H18BrFN2O/c18-14-5-6-15(19)17(11-14)22-12-13-3-1-2-4-16(13)21-9-7-20-8-10-21/h1-6,11,20H,7-10,12H2. The van der Waals surface area contributed by atoms with Crippen molar-refractivity contribution in [3.63, 3.8) is 0 Å². The lowest BCUT2D eigenvalue weighted by molar-refractivity contribution is 0.290. The number of nitrogens with one attached hydrogen (secondary N) is 1. The van der Waals surface area contributed by atoms with E-state index < -0.39 is 0 Å². The molecular formula is C17H18BrFN2O. The minimum Gasteiger partial charge on any atom is -0.486 e. The van der Waals surface area contributed by atoms with Gasteiger partial charge < -0.3 is 15.0 Å². The van der Waals surface area contributed by atoms with Crippen molar-refractivity contribution in [2.45, 2.75) is 6.61 Å². The molecule has 0 saturated carbocycles. The summed E-state index contributed by atoms with van der Waals surface area (Å²) in [5.74, 6) is -0.0765. The first-order chi connectivity index (χ1) is 10.7. The van der Waals surface area contributed by atoms with Crippen LogP contribution in [-0.2, 0) is 6.61 Å². The molecule has 1 aliphatic heterocycles. The first kappa shape index (κ1) is 15.3. The molecule has 0 atom stereocenters. The van der Waals surface area contributed by atoms with Crippen molar-refractivity contribution in [3.05, 3.63) is 58.3 Å². The lowest BCUT2D eigenvalue weighted by Gasteiger charge is -2.31. The van der Waals surface area contributed by atoms with Crippen molar-refractivity contribution in [1.82, 2.24) is 5.32 Å². The van der Waals surface area contributed by atoms with Crippen molar-refractivity contribution in [3.8, 4) is 5.75 Å². The predicted octanol–water partition coefficient (Wildman–Crippen LogP) is 3.58. The van der Waals surface area contributed by atoms with Crippen LogP contribution >= 0.6 is 15.9 Å². The Balaban J connectivity index is 1.76. The highest BCUT2D eigenvalue weighted by Gasteiger charge is 2.14. The molecule has 0 bridgehead atoms. The topological polar surface area (TPSA) is 24.5 Å². The largest absolute Gasteiger partial charge is 0.486 e. The predicted molar refractivity (Wildman–Crippen MR) is 90.0 cm³/mol.